The predicted octanol–water partition coefficient (Wildman–Crippen LogP) is -0.348. The van der Waals surface area contributed by atoms with E-state index in [0.29, 0.717) is 23.0 Å². The van der Waals surface area contributed by atoms with Crippen molar-refractivity contribution >= 4 is 11.7 Å². The highest BCUT2D eigenvalue weighted by molar-refractivity contribution is 5.92. The Balaban J connectivity index is 2.46. The average molecular weight is 218 g/mol. The minimum atomic E-state index is -0.537. The van der Waals surface area contributed by atoms with Crippen molar-refractivity contribution in [1.29, 1.82) is 0 Å². The Bertz CT molecular complexity index is 526. The highest BCUT2D eigenvalue weighted by atomic mass is 16.1. The van der Waals surface area contributed by atoms with Crippen LogP contribution >= 0.6 is 0 Å². The van der Waals surface area contributed by atoms with Gasteiger partial charge in [-0.25, -0.2) is 14.6 Å². The lowest BCUT2D eigenvalue weighted by atomic mass is 10.3. The molecule has 0 bridgehead atoms. The van der Waals surface area contributed by atoms with Gasteiger partial charge in [-0.2, -0.15) is 5.10 Å². The van der Waals surface area contributed by atoms with Crippen LogP contribution in [0.2, 0.25) is 0 Å². The highest BCUT2D eigenvalue weighted by Crippen LogP contribution is 2.08. The van der Waals surface area contributed by atoms with Gasteiger partial charge in [-0.15, -0.1) is 0 Å². The molecule has 7 heteroatoms. The predicted molar refractivity (Wildman–Crippen MR) is 56.8 cm³/mol. The van der Waals surface area contributed by atoms with E-state index in [1.54, 1.807) is 13.0 Å². The molecule has 16 heavy (non-hydrogen) atoms. The summed E-state index contributed by atoms with van der Waals surface area (Å²) in [5, 5.41) is 3.96. The van der Waals surface area contributed by atoms with Crippen LogP contribution in [0.15, 0.2) is 18.5 Å². The minimum absolute atomic E-state index is 0.315. The fourth-order valence-corrected chi connectivity index (χ4v) is 1.27. The van der Waals surface area contributed by atoms with Crippen LogP contribution in [0.1, 0.15) is 16.2 Å². The van der Waals surface area contributed by atoms with Gasteiger partial charge in [0.2, 0.25) is 0 Å². The molecule has 0 spiro atoms. The van der Waals surface area contributed by atoms with Crippen molar-refractivity contribution in [2.24, 2.45) is 5.73 Å². The molecule has 0 atom stereocenters. The van der Waals surface area contributed by atoms with Gasteiger partial charge in [-0.05, 0) is 6.92 Å². The second-order valence-electron chi connectivity index (χ2n) is 3.24. The number of hydrogen-bond acceptors (Lipinski definition) is 5. The Morgan fingerprint density at radius 3 is 2.75 bits per heavy atom. The molecule has 0 fully saturated rings. The molecule has 82 valence electrons. The largest absolute Gasteiger partial charge is 0.384 e. The van der Waals surface area contributed by atoms with Crippen LogP contribution in [0.3, 0.4) is 0 Å². The normalized spacial score (nSPS) is 10.3. The Kier molecular flexibility index (Phi) is 2.28. The van der Waals surface area contributed by atoms with Crippen LogP contribution in [0.25, 0.3) is 5.82 Å². The molecule has 0 aliphatic heterocycles. The maximum absolute atomic E-state index is 10.9. The molecular formula is C9H10N6O. The quantitative estimate of drug-likeness (QED) is 0.715. The standard InChI is InChI=1S/C9H10N6O/c1-5-13-7(10)2-8(14-5)15-4-6(3-12-15)9(11)16/h2-4H,1H3,(H2,11,16)(H2,10,13,14). The van der Waals surface area contributed by atoms with E-state index in [1.807, 2.05) is 0 Å². The van der Waals surface area contributed by atoms with E-state index in [0.717, 1.165) is 0 Å². The fourth-order valence-electron chi connectivity index (χ4n) is 1.27. The van der Waals surface area contributed by atoms with Gasteiger partial charge in [0.15, 0.2) is 5.82 Å². The number of anilines is 1. The lowest BCUT2D eigenvalue weighted by molar-refractivity contribution is 0.100. The van der Waals surface area contributed by atoms with Crippen LogP contribution < -0.4 is 11.5 Å². The average Bonchev–Trinajstić information content (AvgIpc) is 2.64. The number of nitrogens with two attached hydrogens (primary N) is 2. The first-order chi connectivity index (χ1) is 7.56. The van der Waals surface area contributed by atoms with Crippen LogP contribution in [-0.4, -0.2) is 25.7 Å². The summed E-state index contributed by atoms with van der Waals surface area (Å²) < 4.78 is 1.42. The molecule has 2 rings (SSSR count). The first-order valence-corrected chi connectivity index (χ1v) is 4.52. The summed E-state index contributed by atoms with van der Waals surface area (Å²) >= 11 is 0. The third-order valence-corrected chi connectivity index (χ3v) is 1.95. The number of carbonyl (C=O) groups is 1. The summed E-state index contributed by atoms with van der Waals surface area (Å²) in [7, 11) is 0. The first-order valence-electron chi connectivity index (χ1n) is 4.52. The van der Waals surface area contributed by atoms with E-state index >= 15 is 0 Å². The van der Waals surface area contributed by atoms with E-state index in [2.05, 4.69) is 15.1 Å². The van der Waals surface area contributed by atoms with E-state index in [-0.39, 0.29) is 0 Å². The number of nitrogens with zero attached hydrogens (tertiary/aromatic N) is 4. The second-order valence-corrected chi connectivity index (χ2v) is 3.24. The topological polar surface area (TPSA) is 113 Å². The molecule has 2 heterocycles. The third kappa shape index (κ3) is 1.83. The summed E-state index contributed by atoms with van der Waals surface area (Å²) in [5.74, 6) is 0.840. The van der Waals surface area contributed by atoms with Gasteiger partial charge in [0.1, 0.15) is 11.6 Å². The minimum Gasteiger partial charge on any atom is -0.384 e. The number of aromatic nitrogens is 4. The molecule has 7 nitrogen and oxygen atoms in total. The maximum atomic E-state index is 10.9. The van der Waals surface area contributed by atoms with Gasteiger partial charge in [-0.1, -0.05) is 0 Å². The van der Waals surface area contributed by atoms with Gasteiger partial charge in [0.25, 0.3) is 5.91 Å². The number of rotatable bonds is 2. The van der Waals surface area contributed by atoms with Crippen LogP contribution in [0, 0.1) is 6.92 Å². The lowest BCUT2D eigenvalue weighted by Crippen LogP contribution is -2.09. The molecule has 2 aromatic heterocycles. The highest BCUT2D eigenvalue weighted by Gasteiger charge is 2.07. The van der Waals surface area contributed by atoms with Crippen molar-refractivity contribution < 1.29 is 4.79 Å². The smallest absolute Gasteiger partial charge is 0.251 e. The molecule has 2 aromatic rings. The van der Waals surface area contributed by atoms with Crippen LogP contribution in [0.4, 0.5) is 5.82 Å². The van der Waals surface area contributed by atoms with E-state index < -0.39 is 5.91 Å². The van der Waals surface area contributed by atoms with Crippen molar-refractivity contribution in [2.45, 2.75) is 6.92 Å². The number of carbonyl (C=O) groups excluding carboxylic acids is 1. The molecule has 0 aromatic carbocycles. The van der Waals surface area contributed by atoms with Crippen molar-refractivity contribution in [3.05, 3.63) is 29.8 Å². The van der Waals surface area contributed by atoms with Crippen molar-refractivity contribution in [3.63, 3.8) is 0 Å². The zero-order valence-corrected chi connectivity index (χ0v) is 8.58. The molecule has 0 aliphatic carbocycles. The van der Waals surface area contributed by atoms with Gasteiger partial charge < -0.3 is 11.5 Å². The summed E-state index contributed by atoms with van der Waals surface area (Å²) in [6.07, 6.45) is 2.86. The molecular weight excluding hydrogens is 208 g/mol. The number of amides is 1. The third-order valence-electron chi connectivity index (χ3n) is 1.95. The van der Waals surface area contributed by atoms with Crippen molar-refractivity contribution in [3.8, 4) is 5.82 Å². The SMILES string of the molecule is Cc1nc(N)cc(-n2cc(C(N)=O)cn2)n1. The van der Waals surface area contributed by atoms with E-state index in [1.165, 1.54) is 17.1 Å². The summed E-state index contributed by atoms with van der Waals surface area (Å²) in [6.45, 7) is 1.72. The number of primary amides is 1. The van der Waals surface area contributed by atoms with Crippen molar-refractivity contribution in [1.82, 2.24) is 19.7 Å². The van der Waals surface area contributed by atoms with Crippen LogP contribution in [-0.2, 0) is 0 Å². The van der Waals surface area contributed by atoms with Gasteiger partial charge in [-0.3, -0.25) is 4.79 Å². The Morgan fingerprint density at radius 1 is 1.44 bits per heavy atom. The van der Waals surface area contributed by atoms with Crippen LogP contribution in [0.5, 0.6) is 0 Å². The summed E-state index contributed by atoms with van der Waals surface area (Å²) in [6, 6.07) is 1.56. The lowest BCUT2D eigenvalue weighted by Gasteiger charge is -2.02. The molecule has 0 saturated carbocycles. The number of hydrogen-bond donors (Lipinski definition) is 2. The molecule has 0 radical (unpaired) electrons. The Morgan fingerprint density at radius 2 is 2.19 bits per heavy atom. The maximum Gasteiger partial charge on any atom is 0.251 e. The van der Waals surface area contributed by atoms with E-state index in [4.69, 9.17) is 11.5 Å². The molecule has 0 saturated heterocycles. The summed E-state index contributed by atoms with van der Waals surface area (Å²) in [4.78, 5) is 19.0. The Hall–Kier alpha value is -2.44. The number of aryl methyl sites for hydroxylation is 1. The van der Waals surface area contributed by atoms with E-state index in [9.17, 15) is 4.79 Å². The fraction of sp³-hybridized carbons (Fsp3) is 0.111. The second kappa shape index (κ2) is 3.61. The monoisotopic (exact) mass is 218 g/mol. The Labute approximate surface area is 91.1 Å². The van der Waals surface area contributed by atoms with Gasteiger partial charge >= 0.3 is 0 Å². The summed E-state index contributed by atoms with van der Waals surface area (Å²) in [5.41, 5.74) is 11.0. The van der Waals surface area contributed by atoms with Gasteiger partial charge in [0, 0.05) is 12.3 Å². The molecule has 0 unspecified atom stereocenters. The zero-order valence-electron chi connectivity index (χ0n) is 8.58. The molecule has 4 N–H and O–H groups in total. The zero-order chi connectivity index (χ0) is 11.7. The van der Waals surface area contributed by atoms with Gasteiger partial charge in [0.05, 0.1) is 11.8 Å². The first kappa shape index (κ1) is 10.1. The molecule has 1 amide bonds. The van der Waals surface area contributed by atoms with Crippen molar-refractivity contribution in [2.75, 3.05) is 5.73 Å². The molecule has 0 aliphatic rings. The number of nitrogen functional groups attached to an aromatic ring is 1.